The zero-order valence-corrected chi connectivity index (χ0v) is 23.0. The number of rotatable bonds is 9. The van der Waals surface area contributed by atoms with Crippen LogP contribution in [0.2, 0.25) is 0 Å². The average Bonchev–Trinajstić information content (AvgIpc) is 2.86. The van der Waals surface area contributed by atoms with Crippen LogP contribution >= 0.6 is 0 Å². The monoisotopic (exact) mass is 514 g/mol. The van der Waals surface area contributed by atoms with Gasteiger partial charge in [-0.25, -0.2) is 9.78 Å². The predicted octanol–water partition coefficient (Wildman–Crippen LogP) is 5.98. The molecule has 0 aliphatic heterocycles. The average molecular weight is 515 g/mol. The molecule has 0 atom stereocenters. The number of anilines is 1. The molecule has 0 bridgehead atoms. The lowest BCUT2D eigenvalue weighted by molar-refractivity contribution is 0.0527. The Hall–Kier alpha value is -3.87. The maximum atomic E-state index is 14.0. The van der Waals surface area contributed by atoms with E-state index in [1.807, 2.05) is 87.5 Å². The summed E-state index contributed by atoms with van der Waals surface area (Å²) in [6, 6.07) is 22.0. The van der Waals surface area contributed by atoms with Gasteiger partial charge in [0.25, 0.3) is 5.56 Å². The molecule has 0 spiro atoms. The highest BCUT2D eigenvalue weighted by molar-refractivity contribution is 5.96. The number of nitrogens with zero attached hydrogens (tertiary/aromatic N) is 3. The number of carbonyl (C=O) groups excluding carboxylic acids is 1. The molecule has 0 saturated carbocycles. The van der Waals surface area contributed by atoms with Crippen LogP contribution in [0.5, 0.6) is 0 Å². The molecule has 200 valence electrons. The first-order chi connectivity index (χ1) is 18.1. The molecule has 4 aromatic rings. The summed E-state index contributed by atoms with van der Waals surface area (Å²) in [5.74, 6) is 0.996. The van der Waals surface area contributed by atoms with E-state index in [0.29, 0.717) is 48.8 Å². The van der Waals surface area contributed by atoms with Crippen molar-refractivity contribution in [1.29, 1.82) is 0 Å². The third-order valence-electron chi connectivity index (χ3n) is 6.13. The highest BCUT2D eigenvalue weighted by atomic mass is 16.6. The summed E-state index contributed by atoms with van der Waals surface area (Å²) in [4.78, 5) is 33.3. The number of benzene rings is 3. The lowest BCUT2D eigenvalue weighted by Gasteiger charge is -2.28. The summed E-state index contributed by atoms with van der Waals surface area (Å²) in [7, 11) is 0. The minimum absolute atomic E-state index is 0.0553. The summed E-state index contributed by atoms with van der Waals surface area (Å²) in [5.41, 5.74) is 1.13. The van der Waals surface area contributed by atoms with Crippen molar-refractivity contribution in [3.05, 3.63) is 82.6 Å². The Kier molecular flexibility index (Phi) is 8.35. The molecule has 0 saturated heterocycles. The molecule has 1 aromatic heterocycles. The second kappa shape index (κ2) is 11.7. The molecule has 0 aliphatic carbocycles. The molecule has 7 heteroatoms. The summed E-state index contributed by atoms with van der Waals surface area (Å²) >= 11 is 0. The Balaban J connectivity index is 1.71. The summed E-state index contributed by atoms with van der Waals surface area (Å²) in [5, 5.41) is 5.52. The van der Waals surface area contributed by atoms with E-state index in [-0.39, 0.29) is 5.56 Å². The smallest absolute Gasteiger partial charge is 0.407 e. The number of ether oxygens (including phenoxy) is 1. The van der Waals surface area contributed by atoms with Gasteiger partial charge < -0.3 is 15.0 Å². The third kappa shape index (κ3) is 6.91. The number of hydrogen-bond acceptors (Lipinski definition) is 5. The second-order valence-corrected chi connectivity index (χ2v) is 11.1. The molecule has 0 radical (unpaired) electrons. The molecule has 1 amide bonds. The number of carbonyl (C=O) groups is 1. The van der Waals surface area contributed by atoms with Crippen LogP contribution in [-0.2, 0) is 11.3 Å². The maximum Gasteiger partial charge on any atom is 0.407 e. The molecule has 0 fully saturated rings. The molecule has 1 N–H and O–H groups in total. The topological polar surface area (TPSA) is 76.5 Å². The van der Waals surface area contributed by atoms with Gasteiger partial charge in [-0.2, -0.15) is 0 Å². The van der Waals surface area contributed by atoms with Crippen molar-refractivity contribution in [1.82, 2.24) is 14.9 Å². The van der Waals surface area contributed by atoms with Crippen molar-refractivity contribution in [3.63, 3.8) is 0 Å². The highest BCUT2D eigenvalue weighted by Gasteiger charge is 2.20. The Morgan fingerprint density at radius 2 is 1.68 bits per heavy atom. The van der Waals surface area contributed by atoms with Gasteiger partial charge in [0.2, 0.25) is 5.95 Å². The minimum Gasteiger partial charge on any atom is -0.444 e. The van der Waals surface area contributed by atoms with Crippen LogP contribution in [0.25, 0.3) is 21.7 Å². The fourth-order valence-electron chi connectivity index (χ4n) is 4.53. The zero-order chi connectivity index (χ0) is 27.3. The van der Waals surface area contributed by atoms with Crippen molar-refractivity contribution in [2.24, 2.45) is 5.92 Å². The van der Waals surface area contributed by atoms with Crippen LogP contribution in [0.3, 0.4) is 0 Å². The number of aromatic nitrogens is 2. The van der Waals surface area contributed by atoms with Crippen molar-refractivity contribution < 1.29 is 9.53 Å². The predicted molar refractivity (Wildman–Crippen MR) is 155 cm³/mol. The minimum atomic E-state index is -0.541. The normalized spacial score (nSPS) is 11.7. The lowest BCUT2D eigenvalue weighted by atomic mass is 10.1. The standard InChI is InChI=1S/C31H38N4O3/c1-22(2)20-34(17-11-16-32-30(37)38-31(3,4)5)29-33-27-19-25-15-10-9-14-24(25)18-26(27)28(36)35(29)21-23-12-7-6-8-13-23/h6-10,12-15,18-19,22H,11,16-17,20-21H2,1-5H3,(H,32,37). The van der Waals surface area contributed by atoms with Crippen LogP contribution in [-0.4, -0.2) is 40.9 Å². The van der Waals surface area contributed by atoms with Crippen molar-refractivity contribution in [2.45, 2.75) is 53.2 Å². The van der Waals surface area contributed by atoms with Gasteiger partial charge in [-0.05, 0) is 61.6 Å². The summed E-state index contributed by atoms with van der Waals surface area (Å²) in [6.45, 7) is 12.1. The zero-order valence-electron chi connectivity index (χ0n) is 23.0. The molecule has 7 nitrogen and oxygen atoms in total. The van der Waals surface area contributed by atoms with Crippen molar-refractivity contribution >= 4 is 33.7 Å². The Labute approximate surface area is 224 Å². The van der Waals surface area contributed by atoms with Crippen LogP contribution < -0.4 is 15.8 Å². The van der Waals surface area contributed by atoms with Crippen molar-refractivity contribution in [3.8, 4) is 0 Å². The molecule has 38 heavy (non-hydrogen) atoms. The number of amides is 1. The first-order valence-corrected chi connectivity index (χ1v) is 13.3. The van der Waals surface area contributed by atoms with Crippen molar-refractivity contribution in [2.75, 3.05) is 24.5 Å². The van der Waals surface area contributed by atoms with Gasteiger partial charge in [-0.3, -0.25) is 9.36 Å². The van der Waals surface area contributed by atoms with E-state index in [4.69, 9.17) is 9.72 Å². The van der Waals surface area contributed by atoms with Gasteiger partial charge in [0.05, 0.1) is 17.4 Å². The van der Waals surface area contributed by atoms with E-state index in [1.54, 1.807) is 4.57 Å². The summed E-state index contributed by atoms with van der Waals surface area (Å²) in [6.07, 6.45) is 0.257. The van der Waals surface area contributed by atoms with Gasteiger partial charge in [0, 0.05) is 19.6 Å². The van der Waals surface area contributed by atoms with E-state index in [2.05, 4.69) is 24.1 Å². The Morgan fingerprint density at radius 3 is 2.34 bits per heavy atom. The third-order valence-corrected chi connectivity index (χ3v) is 6.13. The lowest BCUT2D eigenvalue weighted by Crippen LogP contribution is -2.38. The van der Waals surface area contributed by atoms with Gasteiger partial charge in [-0.15, -0.1) is 0 Å². The quantitative estimate of drug-likeness (QED) is 0.220. The molecule has 1 heterocycles. The van der Waals surface area contributed by atoms with Gasteiger partial charge >= 0.3 is 6.09 Å². The number of nitrogens with one attached hydrogen (secondary N) is 1. The van der Waals surface area contributed by atoms with E-state index < -0.39 is 11.7 Å². The molecule has 4 rings (SSSR count). The number of fused-ring (bicyclic) bond motifs is 2. The molecule has 0 aliphatic rings. The summed E-state index contributed by atoms with van der Waals surface area (Å²) < 4.78 is 7.14. The van der Waals surface area contributed by atoms with E-state index in [9.17, 15) is 9.59 Å². The van der Waals surface area contributed by atoms with Gasteiger partial charge in [-0.1, -0.05) is 68.4 Å². The van der Waals surface area contributed by atoms with Crippen LogP contribution in [0.15, 0.2) is 71.5 Å². The fourth-order valence-corrected chi connectivity index (χ4v) is 4.53. The Morgan fingerprint density at radius 1 is 1.03 bits per heavy atom. The fraction of sp³-hybridized carbons (Fsp3) is 0.387. The highest BCUT2D eigenvalue weighted by Crippen LogP contribution is 2.23. The molecular weight excluding hydrogens is 476 g/mol. The van der Waals surface area contributed by atoms with Gasteiger partial charge in [0.1, 0.15) is 5.60 Å². The maximum absolute atomic E-state index is 14.0. The van der Waals surface area contributed by atoms with E-state index in [0.717, 1.165) is 22.9 Å². The largest absolute Gasteiger partial charge is 0.444 e. The SMILES string of the molecule is CC(C)CN(CCCNC(=O)OC(C)(C)C)c1nc2cc3ccccc3cc2c(=O)n1Cc1ccccc1. The van der Waals surface area contributed by atoms with E-state index in [1.165, 1.54) is 0 Å². The van der Waals surface area contributed by atoms with E-state index >= 15 is 0 Å². The van der Waals surface area contributed by atoms with Gasteiger partial charge in [0.15, 0.2) is 0 Å². The first-order valence-electron chi connectivity index (χ1n) is 13.3. The number of hydrogen-bond donors (Lipinski definition) is 1. The van der Waals surface area contributed by atoms with Crippen LogP contribution in [0, 0.1) is 5.92 Å². The molecular formula is C31H38N4O3. The van der Waals surface area contributed by atoms with Crippen LogP contribution in [0.1, 0.15) is 46.6 Å². The Bertz CT molecular complexity index is 1460. The second-order valence-electron chi connectivity index (χ2n) is 11.1. The first kappa shape index (κ1) is 27.2. The van der Waals surface area contributed by atoms with Crippen LogP contribution in [0.4, 0.5) is 10.7 Å². The molecule has 3 aromatic carbocycles. The number of alkyl carbamates (subject to hydrolysis) is 1. The molecule has 0 unspecified atom stereocenters.